The molecule has 1 aliphatic heterocycles. The quantitative estimate of drug-likeness (QED) is 0.727. The van der Waals surface area contributed by atoms with E-state index in [-0.39, 0.29) is 0 Å². The molecule has 0 fully saturated rings. The average Bonchev–Trinajstić information content (AvgIpc) is 2.89. The predicted molar refractivity (Wildman–Crippen MR) is 80.4 cm³/mol. The molecular formula is C16H13ClN2O. The summed E-state index contributed by atoms with van der Waals surface area (Å²) in [5, 5.41) is 1.70. The molecule has 0 saturated carbocycles. The maximum atomic E-state index is 6.05. The van der Waals surface area contributed by atoms with Crippen molar-refractivity contribution in [3.8, 4) is 16.9 Å². The maximum absolute atomic E-state index is 6.05. The van der Waals surface area contributed by atoms with Gasteiger partial charge in [-0.05, 0) is 42.2 Å². The molecule has 100 valence electrons. The number of H-pyrrole nitrogens is 1. The van der Waals surface area contributed by atoms with Crippen molar-refractivity contribution >= 4 is 22.6 Å². The molecular weight excluding hydrogens is 272 g/mol. The van der Waals surface area contributed by atoms with Crippen molar-refractivity contribution in [1.29, 1.82) is 0 Å². The summed E-state index contributed by atoms with van der Waals surface area (Å²) >= 11 is 6.05. The number of aromatic nitrogens is 2. The number of ether oxygens (including phenoxy) is 1. The molecule has 0 saturated heterocycles. The van der Waals surface area contributed by atoms with Gasteiger partial charge in [0.15, 0.2) is 0 Å². The lowest BCUT2D eigenvalue weighted by Crippen LogP contribution is -2.07. The van der Waals surface area contributed by atoms with Crippen LogP contribution in [0.1, 0.15) is 12.0 Å². The number of benzene rings is 1. The van der Waals surface area contributed by atoms with Crippen LogP contribution in [0.3, 0.4) is 0 Å². The predicted octanol–water partition coefficient (Wildman–Crippen LogP) is 4.21. The number of halogens is 1. The molecule has 0 spiro atoms. The highest BCUT2D eigenvalue weighted by molar-refractivity contribution is 6.31. The number of hydrogen-bond acceptors (Lipinski definition) is 2. The van der Waals surface area contributed by atoms with Gasteiger partial charge in [-0.15, -0.1) is 0 Å². The number of hydrogen-bond donors (Lipinski definition) is 1. The normalized spacial score (nSPS) is 14.1. The van der Waals surface area contributed by atoms with Crippen LogP contribution in [0, 0.1) is 0 Å². The lowest BCUT2D eigenvalue weighted by Gasteiger charge is -2.17. The van der Waals surface area contributed by atoms with Crippen LogP contribution in [0.15, 0.2) is 36.7 Å². The summed E-state index contributed by atoms with van der Waals surface area (Å²) in [6.45, 7) is 0.818. The van der Waals surface area contributed by atoms with Crippen LogP contribution in [-0.2, 0) is 6.42 Å². The maximum Gasteiger partial charge on any atom is 0.137 e. The Labute approximate surface area is 121 Å². The van der Waals surface area contributed by atoms with Crippen LogP contribution < -0.4 is 4.74 Å². The second kappa shape index (κ2) is 4.53. The summed E-state index contributed by atoms with van der Waals surface area (Å²) in [5.74, 6) is 1.01. The fraction of sp³-hybridized carbons (Fsp3) is 0.188. The average molecular weight is 285 g/mol. The van der Waals surface area contributed by atoms with Crippen molar-refractivity contribution in [3.63, 3.8) is 0 Å². The molecule has 4 rings (SSSR count). The van der Waals surface area contributed by atoms with Gasteiger partial charge in [-0.1, -0.05) is 17.7 Å². The van der Waals surface area contributed by atoms with Crippen molar-refractivity contribution in [1.82, 2.24) is 9.97 Å². The first-order valence-electron chi connectivity index (χ1n) is 6.70. The Morgan fingerprint density at radius 3 is 3.15 bits per heavy atom. The third-order valence-electron chi connectivity index (χ3n) is 3.72. The van der Waals surface area contributed by atoms with Crippen LogP contribution in [0.4, 0.5) is 0 Å². The van der Waals surface area contributed by atoms with Crippen molar-refractivity contribution in [2.75, 3.05) is 6.61 Å². The number of aromatic amines is 1. The first-order valence-corrected chi connectivity index (χ1v) is 7.08. The molecule has 0 unspecified atom stereocenters. The number of aryl methyl sites for hydroxylation is 1. The molecule has 4 heteroatoms. The molecule has 0 atom stereocenters. The van der Waals surface area contributed by atoms with Gasteiger partial charge in [-0.25, -0.2) is 4.98 Å². The molecule has 0 aliphatic carbocycles. The van der Waals surface area contributed by atoms with Gasteiger partial charge in [0.05, 0.1) is 11.6 Å². The number of nitrogens with zero attached hydrogens (tertiary/aromatic N) is 1. The third kappa shape index (κ3) is 1.86. The highest BCUT2D eigenvalue weighted by Gasteiger charge is 2.13. The third-order valence-corrected chi connectivity index (χ3v) is 3.92. The van der Waals surface area contributed by atoms with E-state index in [1.807, 2.05) is 12.3 Å². The van der Waals surface area contributed by atoms with Crippen LogP contribution >= 0.6 is 11.6 Å². The van der Waals surface area contributed by atoms with Crippen LogP contribution in [-0.4, -0.2) is 16.6 Å². The minimum atomic E-state index is 0.652. The summed E-state index contributed by atoms with van der Waals surface area (Å²) in [5.41, 5.74) is 4.43. The summed E-state index contributed by atoms with van der Waals surface area (Å²) in [7, 11) is 0. The molecule has 3 nitrogen and oxygen atoms in total. The number of nitrogens with one attached hydrogen (secondary N) is 1. The fourth-order valence-corrected chi connectivity index (χ4v) is 2.90. The molecule has 1 aromatic carbocycles. The van der Waals surface area contributed by atoms with Crippen molar-refractivity contribution < 1.29 is 4.74 Å². The zero-order chi connectivity index (χ0) is 13.5. The monoisotopic (exact) mass is 284 g/mol. The Morgan fingerprint density at radius 1 is 1.25 bits per heavy atom. The Hall–Kier alpha value is -2.00. The Balaban J connectivity index is 1.88. The Kier molecular flexibility index (Phi) is 2.67. The second-order valence-electron chi connectivity index (χ2n) is 5.03. The second-order valence-corrected chi connectivity index (χ2v) is 5.46. The largest absolute Gasteiger partial charge is 0.493 e. The standard InChI is InChI=1S/C16H13ClN2O/c17-12-7-13-14(9-19-16(13)18-8-12)10-3-4-15-11(6-10)2-1-5-20-15/h3-4,6-9H,1-2,5H2,(H,18,19). The Bertz CT molecular complexity index is 794. The van der Waals surface area contributed by atoms with Crippen LogP contribution in [0.5, 0.6) is 5.75 Å². The molecule has 3 aromatic rings. The zero-order valence-corrected chi connectivity index (χ0v) is 11.6. The van der Waals surface area contributed by atoms with E-state index in [1.165, 1.54) is 11.1 Å². The van der Waals surface area contributed by atoms with Crippen molar-refractivity contribution in [2.24, 2.45) is 0 Å². The van der Waals surface area contributed by atoms with E-state index >= 15 is 0 Å². The molecule has 0 radical (unpaired) electrons. The lowest BCUT2D eigenvalue weighted by atomic mass is 9.99. The molecule has 0 bridgehead atoms. The van der Waals surface area contributed by atoms with E-state index in [2.05, 4.69) is 28.2 Å². The summed E-state index contributed by atoms with van der Waals surface area (Å²) in [6, 6.07) is 8.30. The van der Waals surface area contributed by atoms with Crippen molar-refractivity contribution in [3.05, 3.63) is 47.2 Å². The minimum Gasteiger partial charge on any atom is -0.493 e. The minimum absolute atomic E-state index is 0.652. The summed E-state index contributed by atoms with van der Waals surface area (Å²) < 4.78 is 5.66. The SMILES string of the molecule is Clc1cnc2[nH]cc(-c3ccc4c(c3)CCCO4)c2c1. The van der Waals surface area contributed by atoms with Crippen molar-refractivity contribution in [2.45, 2.75) is 12.8 Å². The highest BCUT2D eigenvalue weighted by Crippen LogP contribution is 2.33. The molecule has 1 N–H and O–H groups in total. The molecule has 2 aromatic heterocycles. The van der Waals surface area contributed by atoms with Gasteiger partial charge in [0.1, 0.15) is 11.4 Å². The molecule has 20 heavy (non-hydrogen) atoms. The van der Waals surface area contributed by atoms with Gasteiger partial charge in [-0.3, -0.25) is 0 Å². The zero-order valence-electron chi connectivity index (χ0n) is 10.8. The topological polar surface area (TPSA) is 37.9 Å². The lowest BCUT2D eigenvalue weighted by molar-refractivity contribution is 0.288. The van der Waals surface area contributed by atoms with E-state index in [0.717, 1.165) is 41.8 Å². The first-order chi connectivity index (χ1) is 9.81. The van der Waals surface area contributed by atoms with E-state index < -0.39 is 0 Å². The molecule has 1 aliphatic rings. The molecule has 0 amide bonds. The number of pyridine rings is 1. The molecule has 3 heterocycles. The van der Waals surface area contributed by atoms with E-state index in [1.54, 1.807) is 6.20 Å². The highest BCUT2D eigenvalue weighted by atomic mass is 35.5. The van der Waals surface area contributed by atoms with Gasteiger partial charge in [0.25, 0.3) is 0 Å². The summed E-state index contributed by atoms with van der Waals surface area (Å²) in [6.07, 6.45) is 5.80. The Morgan fingerprint density at radius 2 is 2.20 bits per heavy atom. The van der Waals surface area contributed by atoms with Gasteiger partial charge >= 0.3 is 0 Å². The van der Waals surface area contributed by atoms with E-state index in [4.69, 9.17) is 16.3 Å². The van der Waals surface area contributed by atoms with Gasteiger partial charge in [-0.2, -0.15) is 0 Å². The van der Waals surface area contributed by atoms with Gasteiger partial charge in [0.2, 0.25) is 0 Å². The van der Waals surface area contributed by atoms with Gasteiger partial charge < -0.3 is 9.72 Å². The first kappa shape index (κ1) is 11.8. The van der Waals surface area contributed by atoms with Crippen LogP contribution in [0.2, 0.25) is 5.02 Å². The van der Waals surface area contributed by atoms with Gasteiger partial charge in [0, 0.05) is 23.3 Å². The van der Waals surface area contributed by atoms with E-state index in [9.17, 15) is 0 Å². The number of fused-ring (bicyclic) bond motifs is 2. The van der Waals surface area contributed by atoms with Crippen LogP contribution in [0.25, 0.3) is 22.2 Å². The smallest absolute Gasteiger partial charge is 0.137 e. The van der Waals surface area contributed by atoms with E-state index in [0.29, 0.717) is 5.02 Å². The fourth-order valence-electron chi connectivity index (χ4n) is 2.74. The number of rotatable bonds is 1. The summed E-state index contributed by atoms with van der Waals surface area (Å²) in [4.78, 5) is 7.50.